The van der Waals surface area contributed by atoms with Gasteiger partial charge in [0.05, 0.1) is 12.2 Å². The summed E-state index contributed by atoms with van der Waals surface area (Å²) in [5.74, 6) is -2.14. The second-order valence-corrected chi connectivity index (χ2v) is 6.70. The van der Waals surface area contributed by atoms with Crippen LogP contribution in [0.15, 0.2) is 52.5 Å². The third-order valence-corrected chi connectivity index (χ3v) is 4.15. The maximum atomic E-state index is 12.5. The highest BCUT2D eigenvalue weighted by Crippen LogP contribution is 2.26. The SMILES string of the molecule is CCOC(=O)COc1ccc(Br)cc1/C=C(/C#N)C(=O)Nc1cccc(C(=O)O)c1. The van der Waals surface area contributed by atoms with Crippen LogP contribution in [-0.2, 0) is 14.3 Å². The Balaban J connectivity index is 2.26. The van der Waals surface area contributed by atoms with E-state index in [1.54, 1.807) is 25.1 Å². The molecule has 0 heterocycles. The molecule has 9 heteroatoms. The number of anilines is 1. The van der Waals surface area contributed by atoms with Gasteiger partial charge in [0.15, 0.2) is 6.61 Å². The van der Waals surface area contributed by atoms with E-state index in [1.807, 2.05) is 6.07 Å². The fourth-order valence-electron chi connectivity index (χ4n) is 2.34. The average Bonchev–Trinajstić information content (AvgIpc) is 2.71. The molecule has 2 N–H and O–H groups in total. The van der Waals surface area contributed by atoms with Crippen LogP contribution in [0, 0.1) is 11.3 Å². The second-order valence-electron chi connectivity index (χ2n) is 5.79. The number of halogens is 1. The number of nitrogens with zero attached hydrogens (tertiary/aromatic N) is 1. The monoisotopic (exact) mass is 472 g/mol. The standard InChI is InChI=1S/C21H17BrN2O6/c1-2-29-19(25)12-30-18-7-6-16(22)9-14(18)8-15(11-23)20(26)24-17-5-3-4-13(10-17)21(27)28/h3-10H,2,12H2,1H3,(H,24,26)(H,27,28)/b15-8-. The first kappa shape index (κ1) is 22.6. The van der Waals surface area contributed by atoms with E-state index in [-0.39, 0.29) is 35.8 Å². The molecule has 0 bridgehead atoms. The van der Waals surface area contributed by atoms with Gasteiger partial charge in [0.25, 0.3) is 5.91 Å². The van der Waals surface area contributed by atoms with Crippen LogP contribution in [0.5, 0.6) is 5.75 Å². The molecule has 2 aromatic carbocycles. The number of hydrogen-bond acceptors (Lipinski definition) is 6. The smallest absolute Gasteiger partial charge is 0.344 e. The second kappa shape index (κ2) is 10.8. The zero-order valence-corrected chi connectivity index (χ0v) is 17.4. The molecule has 1 amide bonds. The number of nitriles is 1. The average molecular weight is 473 g/mol. The molecule has 0 aliphatic carbocycles. The zero-order chi connectivity index (χ0) is 22.1. The highest BCUT2D eigenvalue weighted by molar-refractivity contribution is 9.10. The normalized spacial score (nSPS) is 10.6. The molecule has 0 radical (unpaired) electrons. The van der Waals surface area contributed by atoms with Crippen LogP contribution in [0.2, 0.25) is 0 Å². The number of esters is 1. The lowest BCUT2D eigenvalue weighted by atomic mass is 10.1. The summed E-state index contributed by atoms with van der Waals surface area (Å²) in [4.78, 5) is 35.1. The number of carboxylic acid groups (broad SMARTS) is 1. The molecule has 154 valence electrons. The lowest BCUT2D eigenvalue weighted by Crippen LogP contribution is -2.15. The maximum absolute atomic E-state index is 12.5. The molecule has 30 heavy (non-hydrogen) atoms. The highest BCUT2D eigenvalue weighted by Gasteiger charge is 2.14. The molecule has 0 aliphatic heterocycles. The molecule has 0 aliphatic rings. The van der Waals surface area contributed by atoms with Crippen molar-refractivity contribution in [1.82, 2.24) is 0 Å². The van der Waals surface area contributed by atoms with Crippen LogP contribution < -0.4 is 10.1 Å². The van der Waals surface area contributed by atoms with Gasteiger partial charge in [-0.05, 0) is 49.4 Å². The van der Waals surface area contributed by atoms with E-state index in [1.165, 1.54) is 30.3 Å². The van der Waals surface area contributed by atoms with Crippen molar-refractivity contribution in [1.29, 1.82) is 5.26 Å². The van der Waals surface area contributed by atoms with E-state index >= 15 is 0 Å². The van der Waals surface area contributed by atoms with Gasteiger partial charge >= 0.3 is 11.9 Å². The number of benzene rings is 2. The quantitative estimate of drug-likeness (QED) is 0.341. The molecule has 2 aromatic rings. The Morgan fingerprint density at radius 1 is 1.23 bits per heavy atom. The summed E-state index contributed by atoms with van der Waals surface area (Å²) in [6.07, 6.45) is 1.31. The Hall–Kier alpha value is -3.64. The Morgan fingerprint density at radius 3 is 2.67 bits per heavy atom. The fourth-order valence-corrected chi connectivity index (χ4v) is 2.71. The maximum Gasteiger partial charge on any atom is 0.344 e. The number of hydrogen-bond donors (Lipinski definition) is 2. The summed E-state index contributed by atoms with van der Waals surface area (Å²) in [6, 6.07) is 12.3. The minimum absolute atomic E-state index is 0.00284. The predicted octanol–water partition coefficient (Wildman–Crippen LogP) is 3.63. The third-order valence-electron chi connectivity index (χ3n) is 3.65. The number of carboxylic acids is 1. The van der Waals surface area contributed by atoms with Gasteiger partial charge < -0.3 is 19.9 Å². The number of carbonyl (C=O) groups is 3. The van der Waals surface area contributed by atoms with Gasteiger partial charge in [-0.1, -0.05) is 22.0 Å². The number of amides is 1. The highest BCUT2D eigenvalue weighted by atomic mass is 79.9. The zero-order valence-electron chi connectivity index (χ0n) is 15.8. The number of carbonyl (C=O) groups excluding carboxylic acids is 2. The van der Waals surface area contributed by atoms with Gasteiger partial charge in [0.2, 0.25) is 0 Å². The Kier molecular flexibility index (Phi) is 8.14. The van der Waals surface area contributed by atoms with Crippen LogP contribution in [0.1, 0.15) is 22.8 Å². The van der Waals surface area contributed by atoms with E-state index in [0.717, 1.165) is 0 Å². The lowest BCUT2D eigenvalue weighted by Gasteiger charge is -2.10. The van der Waals surface area contributed by atoms with Gasteiger partial charge in [-0.2, -0.15) is 5.26 Å². The molecule has 0 saturated heterocycles. The third kappa shape index (κ3) is 6.46. The van der Waals surface area contributed by atoms with Gasteiger partial charge in [-0.3, -0.25) is 4.79 Å². The Morgan fingerprint density at radius 2 is 2.00 bits per heavy atom. The molecule has 0 spiro atoms. The van der Waals surface area contributed by atoms with Crippen molar-refractivity contribution in [2.75, 3.05) is 18.5 Å². The largest absolute Gasteiger partial charge is 0.481 e. The van der Waals surface area contributed by atoms with Gasteiger partial charge in [0, 0.05) is 15.7 Å². The van der Waals surface area contributed by atoms with Gasteiger partial charge in [-0.25, -0.2) is 9.59 Å². The summed E-state index contributed by atoms with van der Waals surface area (Å²) >= 11 is 3.31. The van der Waals surface area contributed by atoms with Gasteiger partial charge in [-0.15, -0.1) is 0 Å². The number of rotatable bonds is 8. The molecular formula is C21H17BrN2O6. The first-order valence-corrected chi connectivity index (χ1v) is 9.47. The van der Waals surface area contributed by atoms with E-state index in [2.05, 4.69) is 21.2 Å². The van der Waals surface area contributed by atoms with Crippen molar-refractivity contribution in [3.05, 3.63) is 63.6 Å². The first-order chi connectivity index (χ1) is 14.3. The molecule has 8 nitrogen and oxygen atoms in total. The molecule has 0 unspecified atom stereocenters. The topological polar surface area (TPSA) is 126 Å². The summed E-state index contributed by atoms with van der Waals surface area (Å²) in [6.45, 7) is 1.57. The summed E-state index contributed by atoms with van der Waals surface area (Å²) in [5, 5.41) is 21.0. The summed E-state index contributed by atoms with van der Waals surface area (Å²) in [7, 11) is 0. The molecule has 0 saturated carbocycles. The van der Waals surface area contributed by atoms with Crippen LogP contribution in [0.4, 0.5) is 5.69 Å². The van der Waals surface area contributed by atoms with Crippen molar-refractivity contribution in [2.24, 2.45) is 0 Å². The van der Waals surface area contributed by atoms with E-state index in [9.17, 15) is 19.6 Å². The van der Waals surface area contributed by atoms with E-state index < -0.39 is 17.8 Å². The molecule has 0 atom stereocenters. The minimum Gasteiger partial charge on any atom is -0.481 e. The first-order valence-electron chi connectivity index (χ1n) is 8.68. The minimum atomic E-state index is -1.14. The van der Waals surface area contributed by atoms with E-state index in [0.29, 0.717) is 10.0 Å². The fraction of sp³-hybridized carbons (Fsp3) is 0.143. The molecule has 0 fully saturated rings. The van der Waals surface area contributed by atoms with Crippen LogP contribution >= 0.6 is 15.9 Å². The summed E-state index contributed by atoms with van der Waals surface area (Å²) in [5.41, 5.74) is 0.375. The molecule has 2 rings (SSSR count). The van der Waals surface area contributed by atoms with E-state index in [4.69, 9.17) is 14.6 Å². The van der Waals surface area contributed by atoms with Crippen molar-refractivity contribution in [3.8, 4) is 11.8 Å². The predicted molar refractivity (Wildman–Crippen MR) is 112 cm³/mol. The Bertz CT molecular complexity index is 1040. The number of nitrogens with one attached hydrogen (secondary N) is 1. The number of aromatic carboxylic acids is 1. The van der Waals surface area contributed by atoms with Crippen LogP contribution in [0.25, 0.3) is 6.08 Å². The van der Waals surface area contributed by atoms with Crippen molar-refractivity contribution in [2.45, 2.75) is 6.92 Å². The van der Waals surface area contributed by atoms with Crippen LogP contribution in [0.3, 0.4) is 0 Å². The number of ether oxygens (including phenoxy) is 2. The van der Waals surface area contributed by atoms with Crippen molar-refractivity contribution in [3.63, 3.8) is 0 Å². The summed E-state index contributed by atoms with van der Waals surface area (Å²) < 4.78 is 10.9. The van der Waals surface area contributed by atoms with Crippen molar-refractivity contribution < 1.29 is 29.0 Å². The lowest BCUT2D eigenvalue weighted by molar-refractivity contribution is -0.145. The van der Waals surface area contributed by atoms with Crippen LogP contribution in [-0.4, -0.2) is 36.2 Å². The Labute approximate surface area is 180 Å². The molecular weight excluding hydrogens is 456 g/mol. The van der Waals surface area contributed by atoms with Gasteiger partial charge in [0.1, 0.15) is 17.4 Å². The molecule has 0 aromatic heterocycles. The van der Waals surface area contributed by atoms with Crippen molar-refractivity contribution >= 4 is 45.5 Å².